The zero-order valence-corrected chi connectivity index (χ0v) is 11.1. The number of alkyl halides is 3. The van der Waals surface area contributed by atoms with Crippen molar-refractivity contribution in [1.82, 2.24) is 5.32 Å². The van der Waals surface area contributed by atoms with E-state index in [9.17, 15) is 13.2 Å². The second kappa shape index (κ2) is 6.89. The largest absolute Gasteiger partial charge is 0.489 e. The lowest BCUT2D eigenvalue weighted by molar-refractivity contribution is -0.125. The van der Waals surface area contributed by atoms with E-state index in [2.05, 4.69) is 5.32 Å². The molecule has 1 unspecified atom stereocenters. The molecule has 18 heavy (non-hydrogen) atoms. The summed E-state index contributed by atoms with van der Waals surface area (Å²) in [6.45, 7) is 0.891. The summed E-state index contributed by atoms with van der Waals surface area (Å²) >= 11 is 1.62. The third-order valence-corrected chi connectivity index (χ3v) is 2.90. The third-order valence-electron chi connectivity index (χ3n) is 2.15. The van der Waals surface area contributed by atoms with Crippen LogP contribution in [0.2, 0.25) is 0 Å². The van der Waals surface area contributed by atoms with E-state index in [0.717, 1.165) is 4.90 Å². The lowest BCUT2D eigenvalue weighted by Gasteiger charge is -2.16. The third kappa shape index (κ3) is 6.16. The Balaban J connectivity index is 2.32. The number of thioether (sulfide) groups is 1. The van der Waals surface area contributed by atoms with Crippen molar-refractivity contribution in [3.05, 3.63) is 24.3 Å². The van der Waals surface area contributed by atoms with Gasteiger partial charge in [0.1, 0.15) is 11.9 Å². The van der Waals surface area contributed by atoms with E-state index in [1.165, 1.54) is 0 Å². The van der Waals surface area contributed by atoms with Crippen LogP contribution in [0.25, 0.3) is 0 Å². The first-order valence-electron chi connectivity index (χ1n) is 5.49. The Bertz CT molecular complexity index is 353. The minimum Gasteiger partial charge on any atom is -0.489 e. The van der Waals surface area contributed by atoms with Crippen molar-refractivity contribution in [3.8, 4) is 5.75 Å². The van der Waals surface area contributed by atoms with Gasteiger partial charge in [0.15, 0.2) is 0 Å². The second-order valence-electron chi connectivity index (χ2n) is 3.85. The zero-order chi connectivity index (χ0) is 13.6. The van der Waals surface area contributed by atoms with Gasteiger partial charge in [0.2, 0.25) is 0 Å². The molecular formula is C12H16F3NOS. The quantitative estimate of drug-likeness (QED) is 0.807. The van der Waals surface area contributed by atoms with Crippen molar-refractivity contribution < 1.29 is 17.9 Å². The number of hydrogen-bond donors (Lipinski definition) is 1. The Morgan fingerprint density at radius 2 is 1.89 bits per heavy atom. The molecular weight excluding hydrogens is 263 g/mol. The van der Waals surface area contributed by atoms with E-state index < -0.39 is 12.7 Å². The number of ether oxygens (including phenoxy) is 1. The van der Waals surface area contributed by atoms with Gasteiger partial charge in [-0.15, -0.1) is 11.8 Å². The van der Waals surface area contributed by atoms with Gasteiger partial charge in [-0.2, -0.15) is 13.2 Å². The molecule has 1 aromatic rings. The van der Waals surface area contributed by atoms with Gasteiger partial charge in [-0.25, -0.2) is 0 Å². The molecule has 0 saturated carbocycles. The monoisotopic (exact) mass is 279 g/mol. The molecule has 1 N–H and O–H groups in total. The van der Waals surface area contributed by atoms with Gasteiger partial charge in [-0.1, -0.05) is 0 Å². The summed E-state index contributed by atoms with van der Waals surface area (Å²) in [5, 5.41) is 2.31. The highest BCUT2D eigenvalue weighted by molar-refractivity contribution is 7.98. The van der Waals surface area contributed by atoms with Gasteiger partial charge in [-0.3, -0.25) is 0 Å². The first-order chi connectivity index (χ1) is 8.40. The molecule has 102 valence electrons. The lowest BCUT2D eigenvalue weighted by atomic mass is 10.3. The Kier molecular flexibility index (Phi) is 5.81. The average Bonchev–Trinajstić information content (AvgIpc) is 2.28. The normalized spacial score (nSPS) is 13.4. The summed E-state index contributed by atoms with van der Waals surface area (Å²) in [5.41, 5.74) is 0. The van der Waals surface area contributed by atoms with Crippen LogP contribution in [0.3, 0.4) is 0 Å². The van der Waals surface area contributed by atoms with Gasteiger partial charge in [0.05, 0.1) is 6.54 Å². The first-order valence-corrected chi connectivity index (χ1v) is 6.71. The molecule has 6 heteroatoms. The summed E-state index contributed by atoms with van der Waals surface area (Å²) in [6, 6.07) is 7.45. The standard InChI is InChI=1S/C12H16F3NOS/c1-9(7-16-8-12(13,14)15)17-10-3-5-11(18-2)6-4-10/h3-6,9,16H,7-8H2,1-2H3. The Morgan fingerprint density at radius 1 is 1.28 bits per heavy atom. The molecule has 2 nitrogen and oxygen atoms in total. The van der Waals surface area contributed by atoms with Crippen LogP contribution < -0.4 is 10.1 Å². The maximum atomic E-state index is 11.9. The predicted molar refractivity (Wildman–Crippen MR) is 67.2 cm³/mol. The van der Waals surface area contributed by atoms with Crippen LogP contribution in [0.15, 0.2) is 29.2 Å². The molecule has 0 saturated heterocycles. The second-order valence-corrected chi connectivity index (χ2v) is 4.73. The van der Waals surface area contributed by atoms with Crippen molar-refractivity contribution >= 4 is 11.8 Å². The molecule has 0 aliphatic carbocycles. The van der Waals surface area contributed by atoms with Crippen molar-refractivity contribution in [1.29, 1.82) is 0 Å². The van der Waals surface area contributed by atoms with Crippen LogP contribution in [0.1, 0.15) is 6.92 Å². The summed E-state index contributed by atoms with van der Waals surface area (Å²) < 4.78 is 41.2. The molecule has 1 aromatic carbocycles. The van der Waals surface area contributed by atoms with Crippen molar-refractivity contribution in [2.45, 2.75) is 24.1 Å². The Labute approximate surface area is 109 Å². The number of hydrogen-bond acceptors (Lipinski definition) is 3. The van der Waals surface area contributed by atoms with Crippen LogP contribution >= 0.6 is 11.8 Å². The van der Waals surface area contributed by atoms with Gasteiger partial charge in [0, 0.05) is 11.4 Å². The van der Waals surface area contributed by atoms with E-state index in [-0.39, 0.29) is 12.6 Å². The minimum absolute atomic E-state index is 0.157. The summed E-state index contributed by atoms with van der Waals surface area (Å²) in [7, 11) is 0. The fourth-order valence-electron chi connectivity index (χ4n) is 1.35. The maximum Gasteiger partial charge on any atom is 0.401 e. The molecule has 0 radical (unpaired) electrons. The van der Waals surface area contributed by atoms with E-state index in [1.807, 2.05) is 30.5 Å². The SMILES string of the molecule is CSc1ccc(OC(C)CNCC(F)(F)F)cc1. The predicted octanol–water partition coefficient (Wildman–Crippen LogP) is 3.33. The molecule has 1 atom stereocenters. The van der Waals surface area contributed by atoms with E-state index in [4.69, 9.17) is 4.74 Å². The van der Waals surface area contributed by atoms with Crippen molar-refractivity contribution in [2.24, 2.45) is 0 Å². The summed E-state index contributed by atoms with van der Waals surface area (Å²) in [6.07, 6.45) is -2.52. The number of halogens is 3. The molecule has 0 aromatic heterocycles. The van der Waals surface area contributed by atoms with Crippen molar-refractivity contribution in [3.63, 3.8) is 0 Å². The van der Waals surface area contributed by atoms with Gasteiger partial charge >= 0.3 is 6.18 Å². The lowest BCUT2D eigenvalue weighted by Crippen LogP contribution is -2.35. The van der Waals surface area contributed by atoms with Crippen LogP contribution in [-0.4, -0.2) is 31.6 Å². The summed E-state index contributed by atoms with van der Waals surface area (Å²) in [5.74, 6) is 0.661. The fourth-order valence-corrected chi connectivity index (χ4v) is 1.75. The highest BCUT2D eigenvalue weighted by atomic mass is 32.2. The highest BCUT2D eigenvalue weighted by Gasteiger charge is 2.26. The van der Waals surface area contributed by atoms with Crippen LogP contribution in [0.4, 0.5) is 13.2 Å². The van der Waals surface area contributed by atoms with Crippen LogP contribution in [-0.2, 0) is 0 Å². The van der Waals surface area contributed by atoms with Crippen LogP contribution in [0, 0.1) is 0 Å². The number of nitrogens with one attached hydrogen (secondary N) is 1. The zero-order valence-electron chi connectivity index (χ0n) is 10.3. The fraction of sp³-hybridized carbons (Fsp3) is 0.500. The topological polar surface area (TPSA) is 21.3 Å². The van der Waals surface area contributed by atoms with Gasteiger partial charge in [0.25, 0.3) is 0 Å². The molecule has 0 aliphatic rings. The smallest absolute Gasteiger partial charge is 0.401 e. The number of rotatable bonds is 6. The molecule has 0 aliphatic heterocycles. The maximum absolute atomic E-state index is 11.9. The van der Waals surface area contributed by atoms with Crippen LogP contribution in [0.5, 0.6) is 5.75 Å². The molecule has 0 fully saturated rings. The van der Waals surface area contributed by atoms with Gasteiger partial charge in [-0.05, 0) is 37.4 Å². The van der Waals surface area contributed by atoms with E-state index in [0.29, 0.717) is 5.75 Å². The average molecular weight is 279 g/mol. The van der Waals surface area contributed by atoms with Crippen molar-refractivity contribution in [2.75, 3.05) is 19.3 Å². The van der Waals surface area contributed by atoms with Gasteiger partial charge < -0.3 is 10.1 Å². The molecule has 0 spiro atoms. The highest BCUT2D eigenvalue weighted by Crippen LogP contribution is 2.19. The molecule has 1 rings (SSSR count). The first kappa shape index (κ1) is 15.2. The molecule has 0 amide bonds. The molecule has 0 heterocycles. The summed E-state index contributed by atoms with van der Waals surface area (Å²) in [4.78, 5) is 1.12. The minimum atomic E-state index is -4.18. The van der Waals surface area contributed by atoms with E-state index in [1.54, 1.807) is 18.7 Å². The number of benzene rings is 1. The van der Waals surface area contributed by atoms with E-state index >= 15 is 0 Å². The Hall–Kier alpha value is -0.880. The Morgan fingerprint density at radius 3 is 2.39 bits per heavy atom. The molecule has 0 bridgehead atoms.